The molecule has 9 nitrogen and oxygen atoms in total. The summed E-state index contributed by atoms with van der Waals surface area (Å²) in [6.45, 7) is 2.32. The molecule has 158 valence electrons. The van der Waals surface area contributed by atoms with Gasteiger partial charge in [-0.3, -0.25) is 14.4 Å². The summed E-state index contributed by atoms with van der Waals surface area (Å²) in [6.07, 6.45) is 4.81. The van der Waals surface area contributed by atoms with Crippen molar-refractivity contribution in [3.05, 3.63) is 17.7 Å². The third kappa shape index (κ3) is 3.41. The zero-order valence-corrected chi connectivity index (χ0v) is 17.1. The van der Waals surface area contributed by atoms with Crippen molar-refractivity contribution in [3.63, 3.8) is 0 Å². The first-order valence-electron chi connectivity index (χ1n) is 10.3. The molecule has 1 N–H and O–H groups in total. The fourth-order valence-corrected chi connectivity index (χ4v) is 5.12. The van der Waals surface area contributed by atoms with Crippen LogP contribution in [0.5, 0.6) is 0 Å². The molecule has 0 aliphatic carbocycles. The first-order chi connectivity index (χ1) is 14.0. The summed E-state index contributed by atoms with van der Waals surface area (Å²) in [5.74, 6) is 0.0536. The van der Waals surface area contributed by atoms with Gasteiger partial charge in [0.2, 0.25) is 17.7 Å². The topological polar surface area (TPSA) is 98.8 Å². The monoisotopic (exact) mass is 403 g/mol. The van der Waals surface area contributed by atoms with E-state index in [0.717, 1.165) is 17.8 Å². The molecule has 0 radical (unpaired) electrons. The Morgan fingerprint density at radius 2 is 2.03 bits per heavy atom. The molecule has 3 aliphatic rings. The second-order valence-electron chi connectivity index (χ2n) is 8.32. The molecular formula is C20H29N5O4. The summed E-state index contributed by atoms with van der Waals surface area (Å²) >= 11 is 0. The van der Waals surface area contributed by atoms with Gasteiger partial charge in [-0.05, 0) is 19.3 Å². The van der Waals surface area contributed by atoms with E-state index in [2.05, 4.69) is 9.97 Å². The van der Waals surface area contributed by atoms with E-state index in [0.29, 0.717) is 51.9 Å². The van der Waals surface area contributed by atoms with Crippen LogP contribution in [0.15, 0.2) is 6.33 Å². The lowest BCUT2D eigenvalue weighted by molar-refractivity contribution is -0.149. The molecule has 1 atom stereocenters. The minimum Gasteiger partial charge on any atom is -0.375 e. The van der Waals surface area contributed by atoms with Crippen LogP contribution in [0.4, 0.5) is 0 Å². The highest BCUT2D eigenvalue weighted by molar-refractivity contribution is 5.84. The van der Waals surface area contributed by atoms with E-state index in [1.54, 1.807) is 18.3 Å². The van der Waals surface area contributed by atoms with Crippen LogP contribution >= 0.6 is 0 Å². The van der Waals surface area contributed by atoms with Gasteiger partial charge in [0.25, 0.3) is 0 Å². The Balaban J connectivity index is 1.51. The van der Waals surface area contributed by atoms with Gasteiger partial charge in [0.05, 0.1) is 23.5 Å². The van der Waals surface area contributed by atoms with Gasteiger partial charge in [-0.2, -0.15) is 0 Å². The van der Waals surface area contributed by atoms with E-state index < -0.39 is 5.54 Å². The van der Waals surface area contributed by atoms with Gasteiger partial charge < -0.3 is 24.4 Å². The number of nitrogens with one attached hydrogen (secondary N) is 1. The molecule has 9 heteroatoms. The number of piperidine rings is 2. The Bertz CT molecular complexity index is 799. The largest absolute Gasteiger partial charge is 0.375 e. The maximum Gasteiger partial charge on any atom is 0.249 e. The maximum absolute atomic E-state index is 13.1. The van der Waals surface area contributed by atoms with Crippen LogP contribution < -0.4 is 0 Å². The number of fused-ring (bicyclic) bond motifs is 2. The van der Waals surface area contributed by atoms with Gasteiger partial charge in [0, 0.05) is 58.9 Å². The number of hydrogen-bond acceptors (Lipinski definition) is 5. The van der Waals surface area contributed by atoms with Crippen LogP contribution in [-0.4, -0.2) is 89.3 Å². The molecule has 2 fully saturated rings. The highest BCUT2D eigenvalue weighted by Crippen LogP contribution is 2.42. The lowest BCUT2D eigenvalue weighted by Gasteiger charge is -2.50. The van der Waals surface area contributed by atoms with E-state index in [4.69, 9.17) is 4.74 Å². The van der Waals surface area contributed by atoms with Crippen LogP contribution in [0, 0.1) is 5.92 Å². The van der Waals surface area contributed by atoms with Crippen molar-refractivity contribution in [3.8, 4) is 0 Å². The van der Waals surface area contributed by atoms with Crippen molar-refractivity contribution in [2.45, 2.75) is 37.6 Å². The fraction of sp³-hybridized carbons (Fsp3) is 0.700. The molecule has 3 aliphatic heterocycles. The quantitative estimate of drug-likeness (QED) is 0.773. The molecule has 1 aromatic rings. The lowest BCUT2D eigenvalue weighted by Crippen LogP contribution is -2.60. The SMILES string of the molecule is COCC(=O)N1CCc2[nH]cnc2C12CCN(C(=O)[C@@H]1CCC(=O)N(C)C1)CC2. The van der Waals surface area contributed by atoms with Crippen LogP contribution in [0.2, 0.25) is 0 Å². The first kappa shape index (κ1) is 19.9. The number of hydrogen-bond donors (Lipinski definition) is 1. The number of methoxy groups -OCH3 is 1. The van der Waals surface area contributed by atoms with Gasteiger partial charge in [-0.25, -0.2) is 4.98 Å². The first-order valence-corrected chi connectivity index (χ1v) is 10.3. The van der Waals surface area contributed by atoms with E-state index in [9.17, 15) is 14.4 Å². The summed E-state index contributed by atoms with van der Waals surface area (Å²) in [7, 11) is 3.29. The standard InChI is InChI=1S/C20H29N5O4/c1-23-11-14(3-4-16(23)26)19(28)24-9-6-20(7-10-24)18-15(21-13-22-18)5-8-25(20)17(27)12-29-2/h13-14H,3-12H2,1-2H3,(H,21,22)/t14-/m1/s1. The van der Waals surface area contributed by atoms with Crippen LogP contribution in [-0.2, 0) is 31.1 Å². The fourth-order valence-electron chi connectivity index (χ4n) is 5.12. The third-order valence-corrected chi connectivity index (χ3v) is 6.71. The Labute approximate surface area is 170 Å². The van der Waals surface area contributed by atoms with E-state index in [1.807, 2.05) is 9.80 Å². The highest BCUT2D eigenvalue weighted by atomic mass is 16.5. The van der Waals surface area contributed by atoms with Crippen LogP contribution in [0.1, 0.15) is 37.1 Å². The molecule has 1 spiro atoms. The number of rotatable bonds is 3. The van der Waals surface area contributed by atoms with E-state index in [1.165, 1.54) is 7.11 Å². The average molecular weight is 403 g/mol. The number of carbonyl (C=O) groups excluding carboxylic acids is 3. The number of aromatic nitrogens is 2. The second kappa shape index (κ2) is 7.78. The van der Waals surface area contributed by atoms with Crippen molar-refractivity contribution in [2.75, 3.05) is 46.9 Å². The molecule has 4 heterocycles. The zero-order valence-electron chi connectivity index (χ0n) is 17.1. The summed E-state index contributed by atoms with van der Waals surface area (Å²) in [5, 5.41) is 0. The van der Waals surface area contributed by atoms with Gasteiger partial charge in [0.1, 0.15) is 6.61 Å². The van der Waals surface area contributed by atoms with Crippen molar-refractivity contribution in [1.82, 2.24) is 24.7 Å². The molecule has 0 bridgehead atoms. The predicted octanol–water partition coefficient (Wildman–Crippen LogP) is 0.127. The second-order valence-corrected chi connectivity index (χ2v) is 8.32. The maximum atomic E-state index is 13.1. The lowest BCUT2D eigenvalue weighted by atomic mass is 9.78. The Morgan fingerprint density at radius 3 is 2.72 bits per heavy atom. The van der Waals surface area contributed by atoms with Gasteiger partial charge in [-0.1, -0.05) is 0 Å². The van der Waals surface area contributed by atoms with Crippen LogP contribution in [0.3, 0.4) is 0 Å². The Morgan fingerprint density at radius 1 is 1.28 bits per heavy atom. The van der Waals surface area contributed by atoms with E-state index >= 15 is 0 Å². The number of H-pyrrole nitrogens is 1. The van der Waals surface area contributed by atoms with Gasteiger partial charge >= 0.3 is 0 Å². The smallest absolute Gasteiger partial charge is 0.249 e. The number of imidazole rings is 1. The van der Waals surface area contributed by atoms with Crippen molar-refractivity contribution in [2.24, 2.45) is 5.92 Å². The molecule has 29 heavy (non-hydrogen) atoms. The predicted molar refractivity (Wildman–Crippen MR) is 104 cm³/mol. The molecule has 0 saturated carbocycles. The number of aromatic amines is 1. The molecule has 0 aromatic carbocycles. The molecule has 0 unspecified atom stereocenters. The highest BCUT2D eigenvalue weighted by Gasteiger charge is 2.49. The number of nitrogens with zero attached hydrogens (tertiary/aromatic N) is 4. The molecule has 3 amide bonds. The van der Waals surface area contributed by atoms with Crippen molar-refractivity contribution in [1.29, 1.82) is 0 Å². The minimum atomic E-state index is -0.487. The van der Waals surface area contributed by atoms with Crippen molar-refractivity contribution < 1.29 is 19.1 Å². The van der Waals surface area contributed by atoms with Crippen LogP contribution in [0.25, 0.3) is 0 Å². The number of likely N-dealkylation sites (tertiary alicyclic amines) is 2. The Kier molecular flexibility index (Phi) is 5.33. The average Bonchev–Trinajstić information content (AvgIpc) is 3.21. The summed E-state index contributed by atoms with van der Waals surface area (Å²) < 4.78 is 5.10. The van der Waals surface area contributed by atoms with Gasteiger partial charge in [-0.15, -0.1) is 0 Å². The van der Waals surface area contributed by atoms with Gasteiger partial charge in [0.15, 0.2) is 0 Å². The molecular weight excluding hydrogens is 374 g/mol. The molecule has 2 saturated heterocycles. The Hall–Kier alpha value is -2.42. The number of carbonyl (C=O) groups is 3. The molecule has 4 rings (SSSR count). The normalized spacial score (nSPS) is 24.0. The third-order valence-electron chi connectivity index (χ3n) is 6.71. The van der Waals surface area contributed by atoms with Crippen molar-refractivity contribution >= 4 is 17.7 Å². The molecule has 1 aromatic heterocycles. The van der Waals surface area contributed by atoms with E-state index in [-0.39, 0.29) is 30.2 Å². The minimum absolute atomic E-state index is 0.0339. The summed E-state index contributed by atoms with van der Waals surface area (Å²) in [6, 6.07) is 0. The number of ether oxygens (including phenoxy) is 1. The number of amides is 3. The summed E-state index contributed by atoms with van der Waals surface area (Å²) in [4.78, 5) is 50.8. The zero-order chi connectivity index (χ0) is 20.6. The summed E-state index contributed by atoms with van der Waals surface area (Å²) in [5.41, 5.74) is 1.53.